The van der Waals surface area contributed by atoms with Crippen LogP contribution in [0.1, 0.15) is 37.8 Å². The van der Waals surface area contributed by atoms with E-state index < -0.39 is 0 Å². The second-order valence-corrected chi connectivity index (χ2v) is 5.92. The molecule has 1 aliphatic rings. The molecule has 0 radical (unpaired) electrons. The van der Waals surface area contributed by atoms with Crippen LogP contribution in [0.2, 0.25) is 0 Å². The van der Waals surface area contributed by atoms with E-state index in [1.165, 1.54) is 32.1 Å². The average molecular weight is 327 g/mol. The number of ether oxygens (including phenoxy) is 1. The molecular weight excluding hydrogens is 304 g/mol. The van der Waals surface area contributed by atoms with E-state index in [1.807, 2.05) is 12.1 Å². The maximum absolute atomic E-state index is 5.20. The minimum atomic E-state index is 0.708. The molecule has 0 unspecified atom stereocenters. The molecule has 1 aromatic heterocycles. The van der Waals surface area contributed by atoms with Crippen molar-refractivity contribution in [3.8, 4) is 5.88 Å². The molecule has 106 valence electrons. The number of nitrogens with zero attached hydrogens (tertiary/aromatic N) is 2. The first kappa shape index (κ1) is 14.8. The van der Waals surface area contributed by atoms with Crippen LogP contribution in [-0.4, -0.2) is 34.9 Å². The lowest BCUT2D eigenvalue weighted by atomic mass is 9.94. The molecule has 3 nitrogen and oxygen atoms in total. The van der Waals surface area contributed by atoms with E-state index in [4.69, 9.17) is 4.74 Å². The second kappa shape index (κ2) is 7.85. The summed E-state index contributed by atoms with van der Waals surface area (Å²) in [6, 6.07) is 6.74. The van der Waals surface area contributed by atoms with E-state index >= 15 is 0 Å². The number of hydrogen-bond acceptors (Lipinski definition) is 3. The molecule has 1 heterocycles. The van der Waals surface area contributed by atoms with Gasteiger partial charge in [0.25, 0.3) is 0 Å². The van der Waals surface area contributed by atoms with Crippen molar-refractivity contribution in [1.82, 2.24) is 9.88 Å². The Labute approximate surface area is 124 Å². The third-order valence-electron chi connectivity index (χ3n) is 3.82. The first-order valence-electron chi connectivity index (χ1n) is 7.13. The highest BCUT2D eigenvalue weighted by Crippen LogP contribution is 2.24. The van der Waals surface area contributed by atoms with Gasteiger partial charge in [0.15, 0.2) is 0 Å². The topological polar surface area (TPSA) is 25.4 Å². The summed E-state index contributed by atoms with van der Waals surface area (Å²) in [7, 11) is 1.67. The molecule has 0 aliphatic heterocycles. The zero-order valence-corrected chi connectivity index (χ0v) is 13.2. The Morgan fingerprint density at radius 2 is 2.11 bits per heavy atom. The smallest absolute Gasteiger partial charge is 0.213 e. The largest absolute Gasteiger partial charge is 0.481 e. The minimum absolute atomic E-state index is 0.708. The molecule has 2 rings (SSSR count). The van der Waals surface area contributed by atoms with Crippen LogP contribution in [0.25, 0.3) is 0 Å². The summed E-state index contributed by atoms with van der Waals surface area (Å²) in [5, 5.41) is 1.02. The first-order chi connectivity index (χ1) is 9.33. The normalized spacial score (nSPS) is 16.8. The van der Waals surface area contributed by atoms with E-state index in [-0.39, 0.29) is 0 Å². The fraction of sp³-hybridized carbons (Fsp3) is 0.667. The van der Waals surface area contributed by atoms with Crippen LogP contribution >= 0.6 is 15.9 Å². The second-order valence-electron chi connectivity index (χ2n) is 5.12. The molecule has 4 heteroatoms. The van der Waals surface area contributed by atoms with E-state index in [9.17, 15) is 0 Å². The number of methoxy groups -OCH3 is 1. The van der Waals surface area contributed by atoms with Crippen LogP contribution in [0.3, 0.4) is 0 Å². The third-order valence-corrected chi connectivity index (χ3v) is 4.17. The summed E-state index contributed by atoms with van der Waals surface area (Å²) in [6.45, 7) is 2.01. The van der Waals surface area contributed by atoms with E-state index in [1.54, 1.807) is 7.11 Å². The van der Waals surface area contributed by atoms with Crippen molar-refractivity contribution >= 4 is 15.9 Å². The molecule has 0 saturated heterocycles. The molecule has 0 spiro atoms. The summed E-state index contributed by atoms with van der Waals surface area (Å²) in [4.78, 5) is 7.09. The minimum Gasteiger partial charge on any atom is -0.481 e. The lowest BCUT2D eigenvalue weighted by molar-refractivity contribution is 0.156. The predicted molar refractivity (Wildman–Crippen MR) is 81.9 cm³/mol. The van der Waals surface area contributed by atoms with Gasteiger partial charge in [-0.2, -0.15) is 0 Å². The molecule has 0 atom stereocenters. The van der Waals surface area contributed by atoms with Crippen LogP contribution in [0.15, 0.2) is 18.2 Å². The van der Waals surface area contributed by atoms with Crippen LogP contribution in [0, 0.1) is 0 Å². The quantitative estimate of drug-likeness (QED) is 0.746. The summed E-state index contributed by atoms with van der Waals surface area (Å²) in [6.07, 6.45) is 6.80. The number of pyridine rings is 1. The molecule has 1 aliphatic carbocycles. The van der Waals surface area contributed by atoms with Gasteiger partial charge < -0.3 is 4.74 Å². The molecule has 1 fully saturated rings. The molecule has 19 heavy (non-hydrogen) atoms. The van der Waals surface area contributed by atoms with Gasteiger partial charge in [0.1, 0.15) is 0 Å². The van der Waals surface area contributed by atoms with Gasteiger partial charge in [0, 0.05) is 30.5 Å². The number of aromatic nitrogens is 1. The molecular formula is C15H23BrN2O. The van der Waals surface area contributed by atoms with Crippen molar-refractivity contribution in [3.63, 3.8) is 0 Å². The highest BCUT2D eigenvalue weighted by molar-refractivity contribution is 9.09. The molecule has 1 saturated carbocycles. The van der Waals surface area contributed by atoms with E-state index in [0.717, 1.165) is 30.2 Å². The summed E-state index contributed by atoms with van der Waals surface area (Å²) < 4.78 is 5.20. The van der Waals surface area contributed by atoms with Crippen LogP contribution in [-0.2, 0) is 6.54 Å². The van der Waals surface area contributed by atoms with Crippen molar-refractivity contribution in [2.45, 2.75) is 44.7 Å². The Balaban J connectivity index is 2.01. The molecule has 0 aromatic carbocycles. The molecule has 0 N–H and O–H groups in total. The Kier molecular flexibility index (Phi) is 6.11. The lowest BCUT2D eigenvalue weighted by Crippen LogP contribution is -2.37. The van der Waals surface area contributed by atoms with Crippen molar-refractivity contribution in [3.05, 3.63) is 23.9 Å². The lowest BCUT2D eigenvalue weighted by Gasteiger charge is -2.33. The van der Waals surface area contributed by atoms with Gasteiger partial charge >= 0.3 is 0 Å². The number of rotatable bonds is 6. The number of alkyl halides is 1. The Morgan fingerprint density at radius 3 is 2.79 bits per heavy atom. The standard InChI is InChI=1S/C15H23BrN2O/c1-19-15-9-5-6-13(17-15)12-18(11-10-16)14-7-3-2-4-8-14/h5-6,9,14H,2-4,7-8,10-12H2,1H3. The molecule has 1 aromatic rings. The van der Waals surface area contributed by atoms with E-state index in [2.05, 4.69) is 31.9 Å². The van der Waals surface area contributed by atoms with Crippen molar-refractivity contribution in [2.24, 2.45) is 0 Å². The maximum atomic E-state index is 5.20. The highest BCUT2D eigenvalue weighted by Gasteiger charge is 2.21. The van der Waals surface area contributed by atoms with Gasteiger partial charge in [-0.15, -0.1) is 0 Å². The van der Waals surface area contributed by atoms with Gasteiger partial charge in [0.2, 0.25) is 5.88 Å². The third kappa shape index (κ3) is 4.46. The van der Waals surface area contributed by atoms with Crippen LogP contribution in [0.4, 0.5) is 0 Å². The zero-order valence-electron chi connectivity index (χ0n) is 11.6. The highest BCUT2D eigenvalue weighted by atomic mass is 79.9. The summed E-state index contributed by atoms with van der Waals surface area (Å²) in [5.41, 5.74) is 1.10. The fourth-order valence-electron chi connectivity index (χ4n) is 2.81. The Morgan fingerprint density at radius 1 is 1.32 bits per heavy atom. The SMILES string of the molecule is COc1cccc(CN(CCBr)C2CCCCC2)n1. The van der Waals surface area contributed by atoms with Crippen molar-refractivity contribution in [2.75, 3.05) is 19.0 Å². The summed E-state index contributed by atoms with van der Waals surface area (Å²) in [5.74, 6) is 0.708. The Hall–Kier alpha value is -0.610. The van der Waals surface area contributed by atoms with E-state index in [0.29, 0.717) is 5.88 Å². The molecule has 0 amide bonds. The fourth-order valence-corrected chi connectivity index (χ4v) is 3.27. The average Bonchev–Trinajstić information content (AvgIpc) is 2.48. The van der Waals surface area contributed by atoms with Crippen LogP contribution in [0.5, 0.6) is 5.88 Å². The first-order valence-corrected chi connectivity index (χ1v) is 8.25. The van der Waals surface area contributed by atoms with Gasteiger partial charge in [0.05, 0.1) is 12.8 Å². The van der Waals surface area contributed by atoms with Crippen molar-refractivity contribution < 1.29 is 4.74 Å². The van der Waals surface area contributed by atoms with Gasteiger partial charge in [-0.05, 0) is 18.9 Å². The zero-order chi connectivity index (χ0) is 13.5. The Bertz CT molecular complexity index is 380. The summed E-state index contributed by atoms with van der Waals surface area (Å²) >= 11 is 3.57. The molecule has 0 bridgehead atoms. The maximum Gasteiger partial charge on any atom is 0.213 e. The van der Waals surface area contributed by atoms with Crippen LogP contribution < -0.4 is 4.74 Å². The monoisotopic (exact) mass is 326 g/mol. The van der Waals surface area contributed by atoms with Gasteiger partial charge in [-0.1, -0.05) is 41.3 Å². The van der Waals surface area contributed by atoms with Gasteiger partial charge in [-0.25, -0.2) is 4.98 Å². The predicted octanol–water partition coefficient (Wildman–Crippen LogP) is 3.62. The number of hydrogen-bond donors (Lipinski definition) is 0. The van der Waals surface area contributed by atoms with Crippen molar-refractivity contribution in [1.29, 1.82) is 0 Å². The van der Waals surface area contributed by atoms with Gasteiger partial charge in [-0.3, -0.25) is 4.90 Å². The number of halogens is 1.